The molecule has 0 saturated carbocycles. The fourth-order valence-corrected chi connectivity index (χ4v) is 4.04. The van der Waals surface area contributed by atoms with Crippen molar-refractivity contribution in [1.82, 2.24) is 9.97 Å². The first-order valence-corrected chi connectivity index (χ1v) is 11.6. The SMILES string of the molecule is Cc1ccc(C)c(NC(=O)c2ccc(Nc3nc(-c4ccccc4)c4ccc(Cl)cc4n3)cc2)c1. The van der Waals surface area contributed by atoms with E-state index >= 15 is 0 Å². The summed E-state index contributed by atoms with van der Waals surface area (Å²) in [7, 11) is 0. The van der Waals surface area contributed by atoms with Crippen molar-refractivity contribution in [1.29, 1.82) is 0 Å². The second-order valence-electron chi connectivity index (χ2n) is 8.40. The summed E-state index contributed by atoms with van der Waals surface area (Å²) >= 11 is 6.23. The van der Waals surface area contributed by atoms with Gasteiger partial charge in [-0.05, 0) is 73.5 Å². The molecule has 35 heavy (non-hydrogen) atoms. The molecule has 0 saturated heterocycles. The van der Waals surface area contributed by atoms with Gasteiger partial charge in [0.25, 0.3) is 5.91 Å². The number of fused-ring (bicyclic) bond motifs is 1. The van der Waals surface area contributed by atoms with Gasteiger partial charge in [-0.25, -0.2) is 9.97 Å². The second-order valence-corrected chi connectivity index (χ2v) is 8.83. The molecule has 1 aromatic heterocycles. The molecule has 2 N–H and O–H groups in total. The van der Waals surface area contributed by atoms with Crippen LogP contribution >= 0.6 is 11.6 Å². The Morgan fingerprint density at radius 3 is 2.37 bits per heavy atom. The van der Waals surface area contributed by atoms with Crippen LogP contribution in [0, 0.1) is 13.8 Å². The zero-order valence-electron chi connectivity index (χ0n) is 19.3. The van der Waals surface area contributed by atoms with E-state index in [-0.39, 0.29) is 5.91 Å². The maximum absolute atomic E-state index is 12.8. The molecular weight excluding hydrogens is 456 g/mol. The summed E-state index contributed by atoms with van der Waals surface area (Å²) in [5.41, 5.74) is 6.82. The van der Waals surface area contributed by atoms with Gasteiger partial charge < -0.3 is 10.6 Å². The molecule has 5 aromatic rings. The lowest BCUT2D eigenvalue weighted by atomic mass is 10.1. The van der Waals surface area contributed by atoms with E-state index in [1.165, 1.54) is 0 Å². The standard InChI is InChI=1S/C29H23ClN4O/c1-18-8-9-19(2)25(16-18)32-28(35)21-10-13-23(14-11-21)31-29-33-26-17-22(30)12-15-24(26)27(34-29)20-6-4-3-5-7-20/h3-17H,1-2H3,(H,32,35)(H,31,33,34). The number of nitrogens with one attached hydrogen (secondary N) is 2. The van der Waals surface area contributed by atoms with Crippen molar-refractivity contribution in [3.05, 3.63) is 113 Å². The van der Waals surface area contributed by atoms with Gasteiger partial charge in [-0.1, -0.05) is 54.1 Å². The zero-order valence-corrected chi connectivity index (χ0v) is 20.1. The smallest absolute Gasteiger partial charge is 0.255 e. The van der Waals surface area contributed by atoms with Crippen molar-refractivity contribution in [2.24, 2.45) is 0 Å². The highest BCUT2D eigenvalue weighted by Crippen LogP contribution is 2.30. The van der Waals surface area contributed by atoms with E-state index in [9.17, 15) is 4.79 Å². The fourth-order valence-electron chi connectivity index (χ4n) is 3.87. The van der Waals surface area contributed by atoms with Gasteiger partial charge in [0, 0.05) is 32.9 Å². The first-order valence-electron chi connectivity index (χ1n) is 11.2. The molecule has 0 aliphatic rings. The molecule has 0 unspecified atom stereocenters. The normalized spacial score (nSPS) is 10.8. The van der Waals surface area contributed by atoms with Gasteiger partial charge >= 0.3 is 0 Å². The highest BCUT2D eigenvalue weighted by atomic mass is 35.5. The highest BCUT2D eigenvalue weighted by molar-refractivity contribution is 6.31. The van der Waals surface area contributed by atoms with E-state index < -0.39 is 0 Å². The number of nitrogens with zero attached hydrogens (tertiary/aromatic N) is 2. The minimum absolute atomic E-state index is 0.159. The van der Waals surface area contributed by atoms with Gasteiger partial charge in [0.2, 0.25) is 5.95 Å². The third-order valence-electron chi connectivity index (χ3n) is 5.75. The van der Waals surface area contributed by atoms with Crippen LogP contribution in [-0.4, -0.2) is 15.9 Å². The van der Waals surface area contributed by atoms with Gasteiger partial charge in [0.15, 0.2) is 0 Å². The molecule has 4 aromatic carbocycles. The number of carbonyl (C=O) groups is 1. The topological polar surface area (TPSA) is 66.9 Å². The Morgan fingerprint density at radius 2 is 1.60 bits per heavy atom. The van der Waals surface area contributed by atoms with Crippen molar-refractivity contribution in [3.63, 3.8) is 0 Å². The maximum Gasteiger partial charge on any atom is 0.255 e. The molecule has 0 atom stereocenters. The predicted octanol–water partition coefficient (Wildman–Crippen LogP) is 7.56. The molecule has 172 valence electrons. The lowest BCUT2D eigenvalue weighted by Crippen LogP contribution is -2.12. The summed E-state index contributed by atoms with van der Waals surface area (Å²) in [6.45, 7) is 3.98. The van der Waals surface area contributed by atoms with Crippen LogP contribution in [0.2, 0.25) is 5.02 Å². The molecule has 0 spiro atoms. The van der Waals surface area contributed by atoms with E-state index in [1.807, 2.05) is 92.7 Å². The van der Waals surface area contributed by atoms with Crippen molar-refractivity contribution in [2.75, 3.05) is 10.6 Å². The summed E-state index contributed by atoms with van der Waals surface area (Å²) in [4.78, 5) is 22.2. The lowest BCUT2D eigenvalue weighted by Gasteiger charge is -2.12. The first-order chi connectivity index (χ1) is 17.0. The van der Waals surface area contributed by atoms with E-state index in [2.05, 4.69) is 15.6 Å². The van der Waals surface area contributed by atoms with Crippen molar-refractivity contribution in [3.8, 4) is 11.3 Å². The van der Waals surface area contributed by atoms with Gasteiger partial charge in [-0.2, -0.15) is 0 Å². The lowest BCUT2D eigenvalue weighted by molar-refractivity contribution is 0.102. The number of hydrogen-bond donors (Lipinski definition) is 2. The van der Waals surface area contributed by atoms with E-state index in [0.717, 1.165) is 44.7 Å². The number of anilines is 3. The van der Waals surface area contributed by atoms with Gasteiger partial charge in [-0.15, -0.1) is 0 Å². The largest absolute Gasteiger partial charge is 0.324 e. The van der Waals surface area contributed by atoms with Gasteiger partial charge in [0.05, 0.1) is 11.2 Å². The summed E-state index contributed by atoms with van der Waals surface area (Å²) in [6, 6.07) is 28.8. The molecule has 0 aliphatic carbocycles. The number of halogens is 1. The zero-order chi connectivity index (χ0) is 24.4. The second kappa shape index (κ2) is 9.57. The Balaban J connectivity index is 1.41. The Labute approximate surface area is 208 Å². The summed E-state index contributed by atoms with van der Waals surface area (Å²) in [5, 5.41) is 7.78. The van der Waals surface area contributed by atoms with Crippen LogP contribution in [0.4, 0.5) is 17.3 Å². The average molecular weight is 479 g/mol. The van der Waals surface area contributed by atoms with Crippen LogP contribution in [0.3, 0.4) is 0 Å². The monoisotopic (exact) mass is 478 g/mol. The molecule has 0 bridgehead atoms. The highest BCUT2D eigenvalue weighted by Gasteiger charge is 2.12. The number of amides is 1. The van der Waals surface area contributed by atoms with Crippen molar-refractivity contribution in [2.45, 2.75) is 13.8 Å². The molecular formula is C29H23ClN4O. The number of hydrogen-bond acceptors (Lipinski definition) is 4. The number of aromatic nitrogens is 2. The van der Waals surface area contributed by atoms with Crippen LogP contribution in [0.5, 0.6) is 0 Å². The van der Waals surface area contributed by atoms with Crippen LogP contribution in [0.1, 0.15) is 21.5 Å². The molecule has 5 nitrogen and oxygen atoms in total. The molecule has 6 heteroatoms. The predicted molar refractivity (Wildman–Crippen MR) is 144 cm³/mol. The third kappa shape index (κ3) is 5.00. The Morgan fingerprint density at radius 1 is 0.829 bits per heavy atom. The summed E-state index contributed by atoms with van der Waals surface area (Å²) in [6.07, 6.45) is 0. The molecule has 0 fully saturated rings. The van der Waals surface area contributed by atoms with Crippen LogP contribution in [0.15, 0.2) is 91.0 Å². The first kappa shape index (κ1) is 22.6. The van der Waals surface area contributed by atoms with Crippen LogP contribution in [-0.2, 0) is 0 Å². The van der Waals surface area contributed by atoms with Crippen molar-refractivity contribution < 1.29 is 4.79 Å². The van der Waals surface area contributed by atoms with Gasteiger partial charge in [-0.3, -0.25) is 4.79 Å². The van der Waals surface area contributed by atoms with E-state index in [1.54, 1.807) is 12.1 Å². The average Bonchev–Trinajstić information content (AvgIpc) is 2.86. The molecule has 1 heterocycles. The van der Waals surface area contributed by atoms with Crippen molar-refractivity contribution >= 4 is 45.7 Å². The van der Waals surface area contributed by atoms with Gasteiger partial charge in [0.1, 0.15) is 0 Å². The number of carbonyl (C=O) groups excluding carboxylic acids is 1. The Hall–Kier alpha value is -4.22. The Kier molecular flexibility index (Phi) is 6.17. The maximum atomic E-state index is 12.8. The summed E-state index contributed by atoms with van der Waals surface area (Å²) in [5.74, 6) is 0.291. The number of benzene rings is 4. The quantitative estimate of drug-likeness (QED) is 0.273. The van der Waals surface area contributed by atoms with Crippen LogP contribution < -0.4 is 10.6 Å². The molecule has 1 amide bonds. The number of rotatable bonds is 5. The van der Waals surface area contributed by atoms with E-state index in [0.29, 0.717) is 16.5 Å². The number of aryl methyl sites for hydroxylation is 2. The fraction of sp³-hybridized carbons (Fsp3) is 0.0690. The third-order valence-corrected chi connectivity index (χ3v) is 5.99. The molecule has 5 rings (SSSR count). The minimum atomic E-state index is -0.159. The summed E-state index contributed by atoms with van der Waals surface area (Å²) < 4.78 is 0. The van der Waals surface area contributed by atoms with Crippen LogP contribution in [0.25, 0.3) is 22.2 Å². The minimum Gasteiger partial charge on any atom is -0.324 e. The van der Waals surface area contributed by atoms with E-state index in [4.69, 9.17) is 16.6 Å². The molecule has 0 radical (unpaired) electrons. The molecule has 0 aliphatic heterocycles. The Bertz CT molecular complexity index is 1530.